The number of hydrogen-bond donors (Lipinski definition) is 1. The van der Waals surface area contributed by atoms with Gasteiger partial charge >= 0.3 is 12.1 Å². The second-order valence-electron chi connectivity index (χ2n) is 7.04. The SMILES string of the molecule is O=C(CCCCCCCCCOc1ccccc1)NCCCC(F)(F)C(F)(F)F. The van der Waals surface area contributed by atoms with Crippen molar-refractivity contribution < 1.29 is 31.5 Å². The third-order valence-electron chi connectivity index (χ3n) is 4.46. The van der Waals surface area contributed by atoms with Gasteiger partial charge in [-0.15, -0.1) is 0 Å². The lowest BCUT2D eigenvalue weighted by Gasteiger charge is -2.19. The number of unbranched alkanes of at least 4 members (excludes halogenated alkanes) is 6. The van der Waals surface area contributed by atoms with Crippen LogP contribution in [0.15, 0.2) is 30.3 Å². The number of nitrogens with one attached hydrogen (secondary N) is 1. The monoisotopic (exact) mass is 423 g/mol. The summed E-state index contributed by atoms with van der Waals surface area (Å²) in [6.45, 7) is 0.522. The third-order valence-corrected chi connectivity index (χ3v) is 4.46. The van der Waals surface area contributed by atoms with E-state index in [9.17, 15) is 26.7 Å². The van der Waals surface area contributed by atoms with Crippen LogP contribution in [0.4, 0.5) is 22.0 Å². The first-order valence-corrected chi connectivity index (χ1v) is 10.1. The molecular formula is C21H30F5NO2. The molecule has 0 heterocycles. The molecule has 0 fully saturated rings. The molecule has 0 radical (unpaired) electrons. The molecule has 0 bridgehead atoms. The summed E-state index contributed by atoms with van der Waals surface area (Å²) in [6.07, 6.45) is -0.184. The van der Waals surface area contributed by atoms with Crippen molar-refractivity contribution in [1.29, 1.82) is 0 Å². The molecule has 166 valence electrons. The van der Waals surface area contributed by atoms with Crippen LogP contribution in [0.1, 0.15) is 64.2 Å². The van der Waals surface area contributed by atoms with E-state index in [4.69, 9.17) is 4.74 Å². The zero-order valence-electron chi connectivity index (χ0n) is 16.6. The number of benzene rings is 1. The quantitative estimate of drug-likeness (QED) is 0.266. The van der Waals surface area contributed by atoms with E-state index in [-0.39, 0.29) is 18.9 Å². The van der Waals surface area contributed by atoms with Gasteiger partial charge in [-0.2, -0.15) is 22.0 Å². The zero-order chi connectivity index (χ0) is 21.6. The number of ether oxygens (including phenoxy) is 1. The van der Waals surface area contributed by atoms with E-state index in [0.29, 0.717) is 13.0 Å². The number of rotatable bonds is 15. The number of halogens is 5. The lowest BCUT2D eigenvalue weighted by atomic mass is 10.1. The summed E-state index contributed by atoms with van der Waals surface area (Å²) in [4.78, 5) is 11.6. The third kappa shape index (κ3) is 11.7. The fraction of sp³-hybridized carbons (Fsp3) is 0.667. The first kappa shape index (κ1) is 25.2. The lowest BCUT2D eigenvalue weighted by Crippen LogP contribution is -2.37. The number of alkyl halides is 5. The summed E-state index contributed by atoms with van der Waals surface area (Å²) in [6, 6.07) is 9.66. The lowest BCUT2D eigenvalue weighted by molar-refractivity contribution is -0.284. The van der Waals surface area contributed by atoms with Crippen LogP contribution in [0, 0.1) is 0 Å². The average Bonchev–Trinajstić information content (AvgIpc) is 2.66. The molecule has 1 N–H and O–H groups in total. The van der Waals surface area contributed by atoms with Crippen LogP contribution in [-0.2, 0) is 4.79 Å². The van der Waals surface area contributed by atoms with E-state index in [1.54, 1.807) is 0 Å². The summed E-state index contributed by atoms with van der Waals surface area (Å²) in [5.41, 5.74) is 0. The highest BCUT2D eigenvalue weighted by Crippen LogP contribution is 2.38. The predicted octanol–water partition coefficient (Wildman–Crippen LogP) is 6.28. The van der Waals surface area contributed by atoms with Gasteiger partial charge in [0.2, 0.25) is 5.91 Å². The molecule has 0 aliphatic carbocycles. The molecule has 1 aromatic carbocycles. The number of para-hydroxylation sites is 1. The van der Waals surface area contributed by atoms with E-state index in [2.05, 4.69) is 5.32 Å². The molecular weight excluding hydrogens is 393 g/mol. The van der Waals surface area contributed by atoms with Crippen molar-refractivity contribution in [3.05, 3.63) is 30.3 Å². The molecule has 8 heteroatoms. The second-order valence-corrected chi connectivity index (χ2v) is 7.04. The highest BCUT2D eigenvalue weighted by Gasteiger charge is 2.56. The number of hydrogen-bond acceptors (Lipinski definition) is 2. The molecule has 0 saturated carbocycles. The van der Waals surface area contributed by atoms with Crippen LogP contribution in [-0.4, -0.2) is 31.2 Å². The Morgan fingerprint density at radius 1 is 0.828 bits per heavy atom. The molecule has 0 atom stereocenters. The van der Waals surface area contributed by atoms with Crippen LogP contribution in [0.2, 0.25) is 0 Å². The molecule has 0 aliphatic heterocycles. The molecule has 29 heavy (non-hydrogen) atoms. The number of carbonyl (C=O) groups is 1. The van der Waals surface area contributed by atoms with Crippen molar-refractivity contribution >= 4 is 5.91 Å². The molecule has 0 aromatic heterocycles. The normalized spacial score (nSPS) is 12.0. The van der Waals surface area contributed by atoms with Crippen LogP contribution in [0.25, 0.3) is 0 Å². The molecule has 0 aliphatic rings. The standard InChI is InChI=1S/C21H30F5NO2/c22-20(23,21(24,25)26)15-11-16-27-19(28)14-9-4-2-1-3-5-10-17-29-18-12-7-6-8-13-18/h6-8,12-13H,1-5,9-11,14-17H2,(H,27,28). The van der Waals surface area contributed by atoms with Crippen LogP contribution < -0.4 is 10.1 Å². The Morgan fingerprint density at radius 3 is 2.03 bits per heavy atom. The van der Waals surface area contributed by atoms with E-state index >= 15 is 0 Å². The number of carbonyl (C=O) groups excluding carboxylic acids is 1. The first-order chi connectivity index (χ1) is 13.7. The highest BCUT2D eigenvalue weighted by molar-refractivity contribution is 5.75. The zero-order valence-corrected chi connectivity index (χ0v) is 16.6. The average molecular weight is 423 g/mol. The van der Waals surface area contributed by atoms with Gasteiger partial charge in [0.05, 0.1) is 6.61 Å². The van der Waals surface area contributed by atoms with Gasteiger partial charge in [-0.3, -0.25) is 4.79 Å². The Morgan fingerprint density at radius 2 is 1.41 bits per heavy atom. The Labute approximate surface area is 169 Å². The number of amides is 1. The van der Waals surface area contributed by atoms with Gasteiger partial charge in [0, 0.05) is 19.4 Å². The highest BCUT2D eigenvalue weighted by atomic mass is 19.4. The largest absolute Gasteiger partial charge is 0.494 e. The Balaban J connectivity index is 1.89. The van der Waals surface area contributed by atoms with Crippen molar-refractivity contribution in [1.82, 2.24) is 5.32 Å². The maximum absolute atomic E-state index is 12.7. The second kappa shape index (κ2) is 13.4. The summed E-state index contributed by atoms with van der Waals surface area (Å²) in [7, 11) is 0. The van der Waals surface area contributed by atoms with Crippen LogP contribution in [0.5, 0.6) is 5.75 Å². The molecule has 1 amide bonds. The van der Waals surface area contributed by atoms with E-state index in [0.717, 1.165) is 44.3 Å². The molecule has 1 rings (SSSR count). The van der Waals surface area contributed by atoms with E-state index in [1.807, 2.05) is 30.3 Å². The van der Waals surface area contributed by atoms with Gasteiger partial charge in [0.15, 0.2) is 0 Å². The van der Waals surface area contributed by atoms with Crippen molar-refractivity contribution in [3.8, 4) is 5.75 Å². The summed E-state index contributed by atoms with van der Waals surface area (Å²) in [5, 5.41) is 2.39. The van der Waals surface area contributed by atoms with Gasteiger partial charge in [0.1, 0.15) is 5.75 Å². The van der Waals surface area contributed by atoms with Crippen molar-refractivity contribution in [2.75, 3.05) is 13.2 Å². The smallest absolute Gasteiger partial charge is 0.453 e. The molecule has 3 nitrogen and oxygen atoms in total. The fourth-order valence-corrected chi connectivity index (χ4v) is 2.75. The van der Waals surface area contributed by atoms with Gasteiger partial charge in [-0.05, 0) is 31.4 Å². The van der Waals surface area contributed by atoms with Gasteiger partial charge in [0.25, 0.3) is 0 Å². The van der Waals surface area contributed by atoms with E-state index in [1.165, 1.54) is 0 Å². The Bertz CT molecular complexity index is 564. The fourth-order valence-electron chi connectivity index (χ4n) is 2.75. The molecule has 0 unspecified atom stereocenters. The maximum atomic E-state index is 12.7. The predicted molar refractivity (Wildman–Crippen MR) is 102 cm³/mol. The van der Waals surface area contributed by atoms with E-state index < -0.39 is 24.9 Å². The molecule has 0 spiro atoms. The minimum atomic E-state index is -5.54. The van der Waals surface area contributed by atoms with Crippen molar-refractivity contribution in [2.45, 2.75) is 76.3 Å². The Kier molecular flexibility index (Phi) is 11.6. The molecule has 1 aromatic rings. The molecule has 0 saturated heterocycles. The minimum absolute atomic E-state index is 0.171. The Hall–Kier alpha value is -1.86. The summed E-state index contributed by atoms with van der Waals surface area (Å²) < 4.78 is 67.0. The van der Waals surface area contributed by atoms with Crippen LogP contribution >= 0.6 is 0 Å². The van der Waals surface area contributed by atoms with Crippen molar-refractivity contribution in [3.63, 3.8) is 0 Å². The maximum Gasteiger partial charge on any atom is 0.453 e. The van der Waals surface area contributed by atoms with Gasteiger partial charge in [-0.25, -0.2) is 0 Å². The summed E-state index contributed by atoms with van der Waals surface area (Å²) in [5.74, 6) is -4.14. The van der Waals surface area contributed by atoms with Gasteiger partial charge < -0.3 is 10.1 Å². The van der Waals surface area contributed by atoms with Crippen molar-refractivity contribution in [2.24, 2.45) is 0 Å². The first-order valence-electron chi connectivity index (χ1n) is 10.1. The topological polar surface area (TPSA) is 38.3 Å². The van der Waals surface area contributed by atoms with Gasteiger partial charge in [-0.1, -0.05) is 50.3 Å². The summed E-state index contributed by atoms with van der Waals surface area (Å²) >= 11 is 0. The minimum Gasteiger partial charge on any atom is -0.494 e. The van der Waals surface area contributed by atoms with Crippen LogP contribution in [0.3, 0.4) is 0 Å².